The molecule has 1 aromatic heterocycles. The summed E-state index contributed by atoms with van der Waals surface area (Å²) in [6, 6.07) is 0. The lowest BCUT2D eigenvalue weighted by molar-refractivity contribution is -0.192. The van der Waals surface area contributed by atoms with Gasteiger partial charge >= 0.3 is 12.1 Å². The molecule has 1 saturated carbocycles. The average molecular weight is 438 g/mol. The molecule has 8 nitrogen and oxygen atoms in total. The molecule has 0 unspecified atom stereocenters. The highest BCUT2D eigenvalue weighted by molar-refractivity contribution is 7.90. The number of piperidine rings is 1. The number of halogens is 3. The van der Waals surface area contributed by atoms with Crippen molar-refractivity contribution in [2.75, 3.05) is 26.7 Å². The molecule has 2 aliphatic heterocycles. The first-order chi connectivity index (χ1) is 13.4. The van der Waals surface area contributed by atoms with E-state index in [0.717, 1.165) is 44.6 Å². The molecule has 164 valence electrons. The predicted octanol–water partition coefficient (Wildman–Crippen LogP) is 1.55. The molecular formula is C17H25F3N4O4S. The molecule has 3 aliphatic rings. The molecular weight excluding hydrogens is 413 g/mol. The fourth-order valence-corrected chi connectivity index (χ4v) is 5.89. The van der Waals surface area contributed by atoms with Crippen molar-refractivity contribution in [3.05, 3.63) is 17.7 Å². The molecule has 0 aromatic carbocycles. The van der Waals surface area contributed by atoms with E-state index in [4.69, 9.17) is 9.90 Å². The van der Waals surface area contributed by atoms with Crippen LogP contribution in [0.5, 0.6) is 0 Å². The number of alkyl halides is 3. The number of nitrogens with zero attached hydrogens (tertiary/aromatic N) is 4. The first-order valence-electron chi connectivity index (χ1n) is 9.42. The van der Waals surface area contributed by atoms with E-state index in [1.807, 2.05) is 6.20 Å². The number of carboxylic acid groups (broad SMARTS) is 1. The van der Waals surface area contributed by atoms with Crippen LogP contribution in [0.4, 0.5) is 13.2 Å². The Balaban J connectivity index is 0.000000298. The minimum absolute atomic E-state index is 0.0952. The summed E-state index contributed by atoms with van der Waals surface area (Å²) in [5, 5.41) is 7.02. The van der Waals surface area contributed by atoms with Crippen LogP contribution in [0.25, 0.3) is 0 Å². The summed E-state index contributed by atoms with van der Waals surface area (Å²) in [5.41, 5.74) is 1.11. The Bertz CT molecular complexity index is 872. The molecule has 1 aliphatic carbocycles. The van der Waals surface area contributed by atoms with Crippen molar-refractivity contribution < 1.29 is 31.5 Å². The maximum atomic E-state index is 12.4. The minimum atomic E-state index is -5.08. The van der Waals surface area contributed by atoms with Crippen molar-refractivity contribution in [1.29, 1.82) is 0 Å². The van der Waals surface area contributed by atoms with Crippen molar-refractivity contribution in [2.45, 2.75) is 56.1 Å². The number of rotatable bonds is 2. The zero-order valence-electron chi connectivity index (χ0n) is 16.3. The number of likely N-dealkylation sites (N-methyl/N-ethyl adjacent to an activating group) is 1. The number of imidazole rings is 1. The molecule has 3 heterocycles. The van der Waals surface area contributed by atoms with Crippen LogP contribution in [0.15, 0.2) is 6.20 Å². The van der Waals surface area contributed by atoms with E-state index in [-0.39, 0.29) is 10.8 Å². The highest BCUT2D eigenvalue weighted by Crippen LogP contribution is 2.42. The molecule has 0 atom stereocenters. The van der Waals surface area contributed by atoms with E-state index in [2.05, 4.69) is 28.4 Å². The summed E-state index contributed by atoms with van der Waals surface area (Å²) in [6.45, 7) is 5.31. The second-order valence-corrected chi connectivity index (χ2v) is 9.99. The summed E-state index contributed by atoms with van der Waals surface area (Å²) in [6.07, 6.45) is 0.225. The zero-order valence-corrected chi connectivity index (χ0v) is 17.1. The quantitative estimate of drug-likeness (QED) is 0.753. The van der Waals surface area contributed by atoms with Crippen LogP contribution < -0.4 is 0 Å². The van der Waals surface area contributed by atoms with Crippen LogP contribution in [0.3, 0.4) is 0 Å². The number of aryl methyl sites for hydroxylation is 1. The standard InChI is InChI=1S/C15H24N4O2S.C2HF3O2/c1-12-11-16-14-15(17(2)9-10-19(12)14)5-7-18(8-6-15)22(20,21)13-3-4-13;3-2(4,5)1(6)7/h11,13H,3-10H2,1-2H3;(H,6,7). The van der Waals surface area contributed by atoms with Crippen molar-refractivity contribution in [2.24, 2.45) is 0 Å². The normalized spacial score (nSPS) is 22.7. The number of hydrogen-bond donors (Lipinski definition) is 1. The predicted molar refractivity (Wildman–Crippen MR) is 97.7 cm³/mol. The van der Waals surface area contributed by atoms with Crippen LogP contribution >= 0.6 is 0 Å². The molecule has 4 rings (SSSR count). The molecule has 1 saturated heterocycles. The first kappa shape index (κ1) is 22.0. The van der Waals surface area contributed by atoms with Crippen LogP contribution in [-0.2, 0) is 26.9 Å². The second kappa shape index (κ2) is 7.55. The Hall–Kier alpha value is -1.66. The third-order valence-electron chi connectivity index (χ3n) is 5.96. The molecule has 0 amide bonds. The molecule has 0 bridgehead atoms. The Morgan fingerprint density at radius 3 is 2.24 bits per heavy atom. The van der Waals surface area contributed by atoms with E-state index < -0.39 is 22.2 Å². The second-order valence-electron chi connectivity index (χ2n) is 7.77. The smallest absolute Gasteiger partial charge is 0.475 e. The summed E-state index contributed by atoms with van der Waals surface area (Å²) in [4.78, 5) is 16.0. The lowest BCUT2D eigenvalue weighted by atomic mass is 9.84. The van der Waals surface area contributed by atoms with Crippen molar-refractivity contribution in [3.63, 3.8) is 0 Å². The SMILES string of the molecule is Cc1cnc2n1CCN(C)C21CCN(S(=O)(=O)C2CC2)CC1.O=C(O)C(F)(F)F. The summed E-state index contributed by atoms with van der Waals surface area (Å²) in [7, 11) is -0.895. The molecule has 1 aromatic rings. The molecule has 29 heavy (non-hydrogen) atoms. The summed E-state index contributed by atoms with van der Waals surface area (Å²) >= 11 is 0. The number of fused-ring (bicyclic) bond motifs is 2. The third-order valence-corrected chi connectivity index (χ3v) is 8.36. The summed E-state index contributed by atoms with van der Waals surface area (Å²) < 4.78 is 60.7. The van der Waals surface area contributed by atoms with E-state index in [0.29, 0.717) is 13.1 Å². The molecule has 0 radical (unpaired) electrons. The van der Waals surface area contributed by atoms with Crippen molar-refractivity contribution in [1.82, 2.24) is 18.8 Å². The zero-order chi connectivity index (χ0) is 21.6. The fourth-order valence-electron chi connectivity index (χ4n) is 4.04. The number of hydrogen-bond acceptors (Lipinski definition) is 5. The largest absolute Gasteiger partial charge is 0.490 e. The van der Waals surface area contributed by atoms with Crippen LogP contribution in [0, 0.1) is 6.92 Å². The summed E-state index contributed by atoms with van der Waals surface area (Å²) in [5.74, 6) is -1.63. The lowest BCUT2D eigenvalue weighted by Gasteiger charge is -2.49. The van der Waals surface area contributed by atoms with Gasteiger partial charge in [0.2, 0.25) is 10.0 Å². The Kier molecular flexibility index (Phi) is 5.73. The van der Waals surface area contributed by atoms with E-state index in [9.17, 15) is 21.6 Å². The lowest BCUT2D eigenvalue weighted by Crippen LogP contribution is -2.57. The van der Waals surface area contributed by atoms with E-state index >= 15 is 0 Å². The number of carboxylic acids is 1. The highest BCUT2D eigenvalue weighted by atomic mass is 32.2. The molecule has 12 heteroatoms. The van der Waals surface area contributed by atoms with Gasteiger partial charge in [-0.1, -0.05) is 0 Å². The van der Waals surface area contributed by atoms with Crippen LogP contribution in [0.1, 0.15) is 37.2 Å². The van der Waals surface area contributed by atoms with Gasteiger partial charge in [-0.2, -0.15) is 13.2 Å². The van der Waals surface area contributed by atoms with Gasteiger partial charge in [0.1, 0.15) is 5.82 Å². The van der Waals surface area contributed by atoms with Gasteiger partial charge in [-0.25, -0.2) is 22.5 Å². The number of sulfonamides is 1. The van der Waals surface area contributed by atoms with E-state index in [1.54, 1.807) is 4.31 Å². The van der Waals surface area contributed by atoms with Gasteiger partial charge in [0.15, 0.2) is 0 Å². The topological polar surface area (TPSA) is 95.7 Å². The van der Waals surface area contributed by atoms with Gasteiger partial charge in [0.05, 0.1) is 10.8 Å². The van der Waals surface area contributed by atoms with Gasteiger partial charge in [0.25, 0.3) is 0 Å². The number of aliphatic carboxylic acids is 1. The Morgan fingerprint density at radius 2 is 1.76 bits per heavy atom. The van der Waals surface area contributed by atoms with E-state index in [1.165, 1.54) is 5.69 Å². The minimum Gasteiger partial charge on any atom is -0.475 e. The molecule has 2 fully saturated rings. The van der Waals surface area contributed by atoms with Gasteiger partial charge in [-0.05, 0) is 39.7 Å². The molecule has 1 N–H and O–H groups in total. The van der Waals surface area contributed by atoms with Gasteiger partial charge in [-0.15, -0.1) is 0 Å². The van der Waals surface area contributed by atoms with Gasteiger partial charge in [0, 0.05) is 38.1 Å². The number of carbonyl (C=O) groups is 1. The van der Waals surface area contributed by atoms with Crippen LogP contribution in [-0.4, -0.2) is 76.4 Å². The van der Waals surface area contributed by atoms with Gasteiger partial charge in [-0.3, -0.25) is 4.90 Å². The average Bonchev–Trinajstić information content (AvgIpc) is 3.43. The maximum Gasteiger partial charge on any atom is 0.490 e. The first-order valence-corrected chi connectivity index (χ1v) is 10.9. The van der Waals surface area contributed by atoms with Gasteiger partial charge < -0.3 is 9.67 Å². The maximum absolute atomic E-state index is 12.4. The fraction of sp³-hybridized carbons (Fsp3) is 0.765. The molecule has 1 spiro atoms. The van der Waals surface area contributed by atoms with Crippen LogP contribution in [0.2, 0.25) is 0 Å². The van der Waals surface area contributed by atoms with Crippen molar-refractivity contribution >= 4 is 16.0 Å². The monoisotopic (exact) mass is 438 g/mol. The Labute approximate surface area is 167 Å². The Morgan fingerprint density at radius 1 is 1.21 bits per heavy atom. The van der Waals surface area contributed by atoms with Crippen molar-refractivity contribution in [3.8, 4) is 0 Å². The number of aromatic nitrogens is 2. The third kappa shape index (κ3) is 4.15. The highest BCUT2D eigenvalue weighted by Gasteiger charge is 2.49.